The third-order valence-electron chi connectivity index (χ3n) is 4.46. The quantitative estimate of drug-likeness (QED) is 0.482. The van der Waals surface area contributed by atoms with E-state index in [4.69, 9.17) is 5.53 Å². The second-order valence-corrected chi connectivity index (χ2v) is 7.75. The van der Waals surface area contributed by atoms with Crippen molar-refractivity contribution in [1.82, 2.24) is 9.21 Å². The number of aryl methyl sites for hydroxylation is 1. The predicted octanol–water partition coefficient (Wildman–Crippen LogP) is 1.75. The molecule has 2 heterocycles. The van der Waals surface area contributed by atoms with E-state index >= 15 is 0 Å². The molecule has 0 saturated carbocycles. The normalized spacial score (nSPS) is 28.9. The maximum absolute atomic E-state index is 12.9. The van der Waals surface area contributed by atoms with Crippen molar-refractivity contribution in [2.24, 2.45) is 5.11 Å². The van der Waals surface area contributed by atoms with Gasteiger partial charge < -0.3 is 4.90 Å². The van der Waals surface area contributed by atoms with E-state index in [9.17, 15) is 8.42 Å². The molecule has 7 nitrogen and oxygen atoms in total. The molecule has 0 spiro atoms. The van der Waals surface area contributed by atoms with Gasteiger partial charge in [0.25, 0.3) is 0 Å². The van der Waals surface area contributed by atoms with Crippen LogP contribution in [0.3, 0.4) is 0 Å². The Labute approximate surface area is 130 Å². The largest absolute Gasteiger partial charge is 0.300 e. The summed E-state index contributed by atoms with van der Waals surface area (Å²) in [5, 5.41) is 3.82. The molecule has 1 unspecified atom stereocenters. The molecular formula is C14H19N5O2S. The molecule has 2 saturated heterocycles. The van der Waals surface area contributed by atoms with Crippen LogP contribution < -0.4 is 0 Å². The number of hydrogen-bond donors (Lipinski definition) is 0. The van der Waals surface area contributed by atoms with Crippen LogP contribution in [0.15, 0.2) is 34.3 Å². The van der Waals surface area contributed by atoms with Crippen LogP contribution in [0.4, 0.5) is 0 Å². The monoisotopic (exact) mass is 321 g/mol. The van der Waals surface area contributed by atoms with Crippen molar-refractivity contribution >= 4 is 10.0 Å². The van der Waals surface area contributed by atoms with Gasteiger partial charge in [-0.05, 0) is 37.6 Å². The molecule has 0 aromatic heterocycles. The van der Waals surface area contributed by atoms with Gasteiger partial charge in [-0.25, -0.2) is 8.42 Å². The summed E-state index contributed by atoms with van der Waals surface area (Å²) in [6.07, 6.45) is 0.703. The number of nitrogens with zero attached hydrogens (tertiary/aromatic N) is 5. The van der Waals surface area contributed by atoms with Crippen molar-refractivity contribution in [2.45, 2.75) is 30.3 Å². The number of fused-ring (bicyclic) bond motifs is 2. The minimum atomic E-state index is -3.56. The Morgan fingerprint density at radius 2 is 1.95 bits per heavy atom. The van der Waals surface area contributed by atoms with E-state index in [1.807, 2.05) is 6.92 Å². The topological polar surface area (TPSA) is 89.4 Å². The van der Waals surface area contributed by atoms with E-state index in [2.05, 4.69) is 14.9 Å². The van der Waals surface area contributed by atoms with Crippen LogP contribution in [-0.4, -0.2) is 55.9 Å². The highest BCUT2D eigenvalue weighted by Crippen LogP contribution is 2.28. The lowest BCUT2D eigenvalue weighted by molar-refractivity contribution is 0.0778. The van der Waals surface area contributed by atoms with Crippen LogP contribution in [-0.2, 0) is 10.0 Å². The zero-order valence-electron chi connectivity index (χ0n) is 12.5. The van der Waals surface area contributed by atoms with Crippen LogP contribution in [0.2, 0.25) is 0 Å². The molecule has 3 rings (SSSR count). The highest BCUT2D eigenvalue weighted by molar-refractivity contribution is 7.89. The first-order valence-corrected chi connectivity index (χ1v) is 8.81. The average Bonchev–Trinajstić information content (AvgIpc) is 2.51. The summed E-state index contributed by atoms with van der Waals surface area (Å²) in [4.78, 5) is 5.43. The summed E-state index contributed by atoms with van der Waals surface area (Å²) in [5.74, 6) is 0. The van der Waals surface area contributed by atoms with Gasteiger partial charge >= 0.3 is 0 Å². The lowest BCUT2D eigenvalue weighted by Gasteiger charge is -2.46. The van der Waals surface area contributed by atoms with Crippen LogP contribution >= 0.6 is 0 Å². The summed E-state index contributed by atoms with van der Waals surface area (Å²) in [5.41, 5.74) is 9.75. The Balaban J connectivity index is 1.94. The van der Waals surface area contributed by atoms with Gasteiger partial charge in [-0.1, -0.05) is 22.8 Å². The van der Waals surface area contributed by atoms with E-state index in [-0.39, 0.29) is 12.1 Å². The minimum Gasteiger partial charge on any atom is -0.300 e. The zero-order valence-corrected chi connectivity index (χ0v) is 13.3. The summed E-state index contributed by atoms with van der Waals surface area (Å²) in [6, 6.07) is 6.32. The van der Waals surface area contributed by atoms with Gasteiger partial charge in [-0.15, -0.1) is 0 Å². The second-order valence-electron chi connectivity index (χ2n) is 5.86. The fraction of sp³-hybridized carbons (Fsp3) is 0.571. The Bertz CT molecular complexity index is 696. The average molecular weight is 321 g/mol. The Morgan fingerprint density at radius 3 is 2.64 bits per heavy atom. The molecule has 0 aliphatic carbocycles. The van der Waals surface area contributed by atoms with Gasteiger partial charge in [-0.3, -0.25) is 0 Å². The standard InChI is InChI=1S/C14H19N5O2S/c1-11-2-4-12(5-3-11)22(20,21)19-9-8-18-7-6-13(16-17-15)14(19)10-18/h2-5,13-14H,6-10H2,1H3/t13-,14-/m1/s1. The molecule has 118 valence electrons. The number of piperidine rings is 1. The number of piperazine rings is 1. The Kier molecular flexibility index (Phi) is 4.10. The molecule has 2 fully saturated rings. The highest BCUT2D eigenvalue weighted by atomic mass is 32.2. The van der Waals surface area contributed by atoms with Crippen molar-refractivity contribution < 1.29 is 8.42 Å². The van der Waals surface area contributed by atoms with Crippen LogP contribution in [0, 0.1) is 6.92 Å². The van der Waals surface area contributed by atoms with E-state index < -0.39 is 10.0 Å². The van der Waals surface area contributed by atoms with Crippen molar-refractivity contribution in [3.8, 4) is 0 Å². The maximum atomic E-state index is 12.9. The minimum absolute atomic E-state index is 0.273. The molecule has 0 amide bonds. The van der Waals surface area contributed by atoms with E-state index in [1.165, 1.54) is 4.31 Å². The number of azide groups is 1. The Morgan fingerprint density at radius 1 is 1.23 bits per heavy atom. The molecule has 22 heavy (non-hydrogen) atoms. The van der Waals surface area contributed by atoms with Gasteiger partial charge in [0.05, 0.1) is 10.9 Å². The van der Waals surface area contributed by atoms with Gasteiger partial charge in [0.1, 0.15) is 0 Å². The fourth-order valence-corrected chi connectivity index (χ4v) is 4.86. The van der Waals surface area contributed by atoms with Crippen molar-refractivity contribution in [2.75, 3.05) is 26.2 Å². The summed E-state index contributed by atoms with van der Waals surface area (Å²) in [6.45, 7) is 4.59. The first-order chi connectivity index (χ1) is 10.5. The summed E-state index contributed by atoms with van der Waals surface area (Å²) < 4.78 is 27.4. The van der Waals surface area contributed by atoms with Crippen molar-refractivity contribution in [3.05, 3.63) is 40.3 Å². The SMILES string of the molecule is Cc1ccc(S(=O)(=O)N2CCN3CC[C@@H](N=[N+]=[N-])[C@H]2C3)cc1. The number of benzene rings is 1. The van der Waals surface area contributed by atoms with Crippen LogP contribution in [0.5, 0.6) is 0 Å². The van der Waals surface area contributed by atoms with Crippen molar-refractivity contribution in [1.29, 1.82) is 0 Å². The van der Waals surface area contributed by atoms with Crippen LogP contribution in [0.1, 0.15) is 12.0 Å². The smallest absolute Gasteiger partial charge is 0.243 e. The molecule has 2 aliphatic rings. The van der Waals surface area contributed by atoms with Crippen LogP contribution in [0.25, 0.3) is 10.4 Å². The van der Waals surface area contributed by atoms with Crippen molar-refractivity contribution in [3.63, 3.8) is 0 Å². The van der Waals surface area contributed by atoms with Gasteiger partial charge in [0.15, 0.2) is 0 Å². The first-order valence-electron chi connectivity index (χ1n) is 7.37. The summed E-state index contributed by atoms with van der Waals surface area (Å²) in [7, 11) is -3.56. The number of sulfonamides is 1. The molecule has 0 radical (unpaired) electrons. The van der Waals surface area contributed by atoms with Gasteiger partial charge in [0, 0.05) is 30.6 Å². The molecule has 2 aliphatic heterocycles. The number of hydrogen-bond acceptors (Lipinski definition) is 4. The fourth-order valence-electron chi connectivity index (χ4n) is 3.22. The third kappa shape index (κ3) is 2.70. The molecular weight excluding hydrogens is 302 g/mol. The molecule has 1 aromatic carbocycles. The van der Waals surface area contributed by atoms with E-state index in [0.717, 1.165) is 18.7 Å². The predicted molar refractivity (Wildman–Crippen MR) is 82.8 cm³/mol. The Hall–Kier alpha value is -1.60. The lowest BCUT2D eigenvalue weighted by Crippen LogP contribution is -2.62. The summed E-state index contributed by atoms with van der Waals surface area (Å²) >= 11 is 0. The molecule has 8 heteroatoms. The lowest BCUT2D eigenvalue weighted by atomic mass is 9.98. The van der Waals surface area contributed by atoms with Gasteiger partial charge in [0.2, 0.25) is 10.0 Å². The highest BCUT2D eigenvalue weighted by Gasteiger charge is 2.42. The zero-order chi connectivity index (χ0) is 15.7. The molecule has 1 aromatic rings. The van der Waals surface area contributed by atoms with E-state index in [0.29, 0.717) is 24.4 Å². The second kappa shape index (κ2) is 5.89. The van der Waals surface area contributed by atoms with Gasteiger partial charge in [-0.2, -0.15) is 4.31 Å². The number of rotatable bonds is 3. The van der Waals surface area contributed by atoms with E-state index in [1.54, 1.807) is 24.3 Å². The molecule has 3 atom stereocenters. The maximum Gasteiger partial charge on any atom is 0.243 e. The third-order valence-corrected chi connectivity index (χ3v) is 6.40. The molecule has 0 N–H and O–H groups in total. The first kappa shape index (κ1) is 15.3. The molecule has 2 bridgehead atoms.